The molecule has 0 bridgehead atoms. The van der Waals surface area contributed by atoms with Gasteiger partial charge in [0.2, 0.25) is 0 Å². The molecule has 0 unspecified atom stereocenters. The van der Waals surface area contributed by atoms with E-state index < -0.39 is 0 Å². The Balaban J connectivity index is 2.95. The van der Waals surface area contributed by atoms with E-state index in [0.29, 0.717) is 12.5 Å². The molecule has 0 aromatic carbocycles. The molecule has 0 saturated carbocycles. The van der Waals surface area contributed by atoms with E-state index in [4.69, 9.17) is 4.74 Å². The molecule has 0 aliphatic heterocycles. The van der Waals surface area contributed by atoms with Crippen molar-refractivity contribution in [3.63, 3.8) is 0 Å². The molecule has 0 amide bonds. The first-order valence-electron chi connectivity index (χ1n) is 4.16. The van der Waals surface area contributed by atoms with Crippen LogP contribution in [0.2, 0.25) is 0 Å². The van der Waals surface area contributed by atoms with Crippen LogP contribution in [0.4, 0.5) is 0 Å². The minimum atomic E-state index is 0.517. The van der Waals surface area contributed by atoms with Gasteiger partial charge in [-0.1, -0.05) is 13.8 Å². The molecule has 1 aromatic rings. The predicted molar refractivity (Wildman–Crippen MR) is 48.0 cm³/mol. The summed E-state index contributed by atoms with van der Waals surface area (Å²) in [5.41, 5.74) is 2.45. The van der Waals surface area contributed by atoms with Crippen LogP contribution < -0.4 is 0 Å². The molecule has 0 saturated heterocycles. The number of rotatable bonds is 3. The monoisotopic (exact) mass is 168 g/mol. The summed E-state index contributed by atoms with van der Waals surface area (Å²) < 4.78 is 6.97. The number of nitrogens with zero attached hydrogens (tertiary/aromatic N) is 2. The average molecular weight is 168 g/mol. The predicted octanol–water partition coefficient (Wildman–Crippen LogP) is 1.69. The number of hydrogen-bond acceptors (Lipinski definition) is 2. The van der Waals surface area contributed by atoms with Gasteiger partial charge < -0.3 is 4.74 Å². The van der Waals surface area contributed by atoms with E-state index in [2.05, 4.69) is 18.9 Å². The van der Waals surface area contributed by atoms with Crippen molar-refractivity contribution in [3.05, 3.63) is 17.5 Å². The average Bonchev–Trinajstić information content (AvgIpc) is 2.34. The highest BCUT2D eigenvalue weighted by atomic mass is 16.5. The number of methoxy groups -OCH3 is 1. The fourth-order valence-corrected chi connectivity index (χ4v) is 1.28. The van der Waals surface area contributed by atoms with Gasteiger partial charge in [0.05, 0.1) is 18.5 Å². The maximum absolute atomic E-state index is 5.10. The number of ether oxygens (including phenoxy) is 1. The molecule has 3 nitrogen and oxygen atoms in total. The molecular weight excluding hydrogens is 152 g/mol. The first-order chi connectivity index (χ1) is 5.66. The van der Waals surface area contributed by atoms with Crippen LogP contribution in [0.3, 0.4) is 0 Å². The normalized spacial score (nSPS) is 11.1. The second kappa shape index (κ2) is 3.72. The first kappa shape index (κ1) is 9.26. The lowest BCUT2D eigenvalue weighted by atomic mass is 10.0. The van der Waals surface area contributed by atoms with E-state index in [-0.39, 0.29) is 0 Å². The van der Waals surface area contributed by atoms with Gasteiger partial charge in [-0.25, -0.2) is 0 Å². The highest BCUT2D eigenvalue weighted by Gasteiger charge is 2.10. The van der Waals surface area contributed by atoms with E-state index in [0.717, 1.165) is 0 Å². The van der Waals surface area contributed by atoms with Gasteiger partial charge in [-0.05, 0) is 11.5 Å². The Morgan fingerprint density at radius 2 is 2.25 bits per heavy atom. The maximum Gasteiger partial charge on any atom is 0.0883 e. The quantitative estimate of drug-likeness (QED) is 0.686. The van der Waals surface area contributed by atoms with Crippen molar-refractivity contribution in [3.8, 4) is 0 Å². The van der Waals surface area contributed by atoms with Crippen LogP contribution in [0, 0.1) is 0 Å². The maximum atomic E-state index is 5.10. The second-order valence-corrected chi connectivity index (χ2v) is 3.26. The summed E-state index contributed by atoms with van der Waals surface area (Å²) in [6.45, 7) is 4.97. The van der Waals surface area contributed by atoms with Crippen LogP contribution in [0.1, 0.15) is 31.0 Å². The molecule has 0 aliphatic rings. The zero-order chi connectivity index (χ0) is 9.14. The Bertz CT molecular complexity index is 253. The minimum absolute atomic E-state index is 0.517. The summed E-state index contributed by atoms with van der Waals surface area (Å²) in [7, 11) is 3.65. The van der Waals surface area contributed by atoms with E-state index in [1.54, 1.807) is 7.11 Å². The summed E-state index contributed by atoms with van der Waals surface area (Å²) >= 11 is 0. The summed E-state index contributed by atoms with van der Waals surface area (Å²) in [5, 5.41) is 4.19. The van der Waals surface area contributed by atoms with Gasteiger partial charge in [0, 0.05) is 14.2 Å². The Hall–Kier alpha value is -0.830. The van der Waals surface area contributed by atoms with Crippen molar-refractivity contribution in [2.75, 3.05) is 7.11 Å². The van der Waals surface area contributed by atoms with Crippen LogP contribution in [0.15, 0.2) is 6.20 Å². The van der Waals surface area contributed by atoms with E-state index in [1.807, 2.05) is 17.9 Å². The molecule has 0 spiro atoms. The van der Waals surface area contributed by atoms with Gasteiger partial charge >= 0.3 is 0 Å². The molecule has 0 fully saturated rings. The van der Waals surface area contributed by atoms with Gasteiger partial charge in [0.1, 0.15) is 0 Å². The molecule has 0 aliphatic carbocycles. The van der Waals surface area contributed by atoms with E-state index in [1.165, 1.54) is 11.3 Å². The largest absolute Gasteiger partial charge is 0.378 e. The standard InChI is InChI=1S/C9H16N2O/c1-7(2)8-5-10-11(3)9(8)6-12-4/h5,7H,6H2,1-4H3. The molecule has 0 radical (unpaired) electrons. The van der Waals surface area contributed by atoms with Crippen molar-refractivity contribution < 1.29 is 4.74 Å². The third-order valence-corrected chi connectivity index (χ3v) is 2.00. The molecule has 1 rings (SSSR count). The highest BCUT2D eigenvalue weighted by Crippen LogP contribution is 2.18. The fraction of sp³-hybridized carbons (Fsp3) is 0.667. The van der Waals surface area contributed by atoms with Crippen molar-refractivity contribution in [2.45, 2.75) is 26.4 Å². The van der Waals surface area contributed by atoms with Crippen LogP contribution in [0.5, 0.6) is 0 Å². The zero-order valence-electron chi connectivity index (χ0n) is 8.16. The number of aryl methyl sites for hydroxylation is 1. The van der Waals surface area contributed by atoms with Crippen LogP contribution in [0.25, 0.3) is 0 Å². The third kappa shape index (κ3) is 1.67. The lowest BCUT2D eigenvalue weighted by molar-refractivity contribution is 0.177. The van der Waals surface area contributed by atoms with Gasteiger partial charge in [-0.2, -0.15) is 5.10 Å². The summed E-state index contributed by atoms with van der Waals surface area (Å²) in [6, 6.07) is 0. The lowest BCUT2D eigenvalue weighted by Crippen LogP contribution is -2.02. The van der Waals surface area contributed by atoms with Crippen molar-refractivity contribution >= 4 is 0 Å². The SMILES string of the molecule is COCc1c(C(C)C)cnn1C. The van der Waals surface area contributed by atoms with Crippen molar-refractivity contribution in [1.82, 2.24) is 9.78 Å². The molecule has 0 N–H and O–H groups in total. The Morgan fingerprint density at radius 3 is 2.75 bits per heavy atom. The molecular formula is C9H16N2O. The van der Waals surface area contributed by atoms with Crippen molar-refractivity contribution in [1.29, 1.82) is 0 Å². The fourth-order valence-electron chi connectivity index (χ4n) is 1.28. The van der Waals surface area contributed by atoms with E-state index >= 15 is 0 Å². The van der Waals surface area contributed by atoms with E-state index in [9.17, 15) is 0 Å². The summed E-state index contributed by atoms with van der Waals surface area (Å²) in [4.78, 5) is 0. The van der Waals surface area contributed by atoms with Gasteiger partial charge in [0.15, 0.2) is 0 Å². The van der Waals surface area contributed by atoms with Gasteiger partial charge in [0.25, 0.3) is 0 Å². The Kier molecular flexibility index (Phi) is 2.87. The molecule has 68 valence electrons. The van der Waals surface area contributed by atoms with Crippen LogP contribution in [-0.4, -0.2) is 16.9 Å². The molecule has 3 heteroatoms. The first-order valence-corrected chi connectivity index (χ1v) is 4.16. The second-order valence-electron chi connectivity index (χ2n) is 3.26. The lowest BCUT2D eigenvalue weighted by Gasteiger charge is -2.06. The number of hydrogen-bond donors (Lipinski definition) is 0. The third-order valence-electron chi connectivity index (χ3n) is 2.00. The van der Waals surface area contributed by atoms with Crippen LogP contribution >= 0.6 is 0 Å². The summed E-state index contributed by atoms with van der Waals surface area (Å²) in [5.74, 6) is 0.517. The molecule has 1 aromatic heterocycles. The summed E-state index contributed by atoms with van der Waals surface area (Å²) in [6.07, 6.45) is 1.92. The molecule has 1 heterocycles. The van der Waals surface area contributed by atoms with Crippen LogP contribution in [-0.2, 0) is 18.4 Å². The smallest absolute Gasteiger partial charge is 0.0883 e. The van der Waals surface area contributed by atoms with Gasteiger partial charge in [-0.15, -0.1) is 0 Å². The zero-order valence-corrected chi connectivity index (χ0v) is 8.16. The molecule has 12 heavy (non-hydrogen) atoms. The number of aromatic nitrogens is 2. The molecule has 0 atom stereocenters. The Morgan fingerprint density at radius 1 is 1.58 bits per heavy atom. The minimum Gasteiger partial charge on any atom is -0.378 e. The van der Waals surface area contributed by atoms with Crippen molar-refractivity contribution in [2.24, 2.45) is 7.05 Å². The highest BCUT2D eigenvalue weighted by molar-refractivity contribution is 5.20. The van der Waals surface area contributed by atoms with Gasteiger partial charge in [-0.3, -0.25) is 4.68 Å². The Labute approximate surface area is 73.3 Å². The topological polar surface area (TPSA) is 27.1 Å².